The Morgan fingerprint density at radius 3 is 2.50 bits per heavy atom. The smallest absolute Gasteiger partial charge is 0.0651 e. The summed E-state index contributed by atoms with van der Waals surface area (Å²) in [5.41, 5.74) is 9.34. The number of hydrogen-bond donors (Lipinski definition) is 2. The van der Waals surface area contributed by atoms with Gasteiger partial charge in [0.2, 0.25) is 0 Å². The Bertz CT molecular complexity index is 515. The molecule has 0 saturated heterocycles. The fourth-order valence-electron chi connectivity index (χ4n) is 2.23. The molecular formula is C21H34N2O. The van der Waals surface area contributed by atoms with Gasteiger partial charge in [-0.2, -0.15) is 0 Å². The maximum Gasteiger partial charge on any atom is 0.0651 e. The molecule has 0 aliphatic heterocycles. The fraction of sp³-hybridized carbons (Fsp3) is 0.524. The molecule has 1 rings (SSSR count). The summed E-state index contributed by atoms with van der Waals surface area (Å²) in [6.07, 6.45) is 9.61. The van der Waals surface area contributed by atoms with Crippen LogP contribution < -0.4 is 11.1 Å². The second-order valence-electron chi connectivity index (χ2n) is 6.93. The van der Waals surface area contributed by atoms with E-state index in [1.54, 1.807) is 0 Å². The summed E-state index contributed by atoms with van der Waals surface area (Å²) in [5.74, 6) is 0. The van der Waals surface area contributed by atoms with Gasteiger partial charge in [0, 0.05) is 16.8 Å². The van der Waals surface area contributed by atoms with Gasteiger partial charge in [-0.05, 0) is 43.2 Å². The van der Waals surface area contributed by atoms with Crippen molar-refractivity contribution in [1.29, 1.82) is 0 Å². The van der Waals surface area contributed by atoms with Crippen LogP contribution in [0.2, 0.25) is 0 Å². The van der Waals surface area contributed by atoms with Gasteiger partial charge in [-0.25, -0.2) is 0 Å². The fourth-order valence-corrected chi connectivity index (χ4v) is 2.23. The molecule has 0 fully saturated rings. The van der Waals surface area contributed by atoms with Crippen molar-refractivity contribution in [2.45, 2.75) is 47.0 Å². The molecule has 1 aromatic rings. The molecule has 0 atom stereocenters. The maximum atomic E-state index is 5.71. The predicted molar refractivity (Wildman–Crippen MR) is 105 cm³/mol. The van der Waals surface area contributed by atoms with Crippen molar-refractivity contribution >= 4 is 5.69 Å². The first-order valence-corrected chi connectivity index (χ1v) is 9.01. The highest BCUT2D eigenvalue weighted by Gasteiger charge is 2.14. The first-order valence-electron chi connectivity index (χ1n) is 9.01. The number of hydrogen-bond acceptors (Lipinski definition) is 3. The number of nitrogens with one attached hydrogen (secondary N) is 1. The summed E-state index contributed by atoms with van der Waals surface area (Å²) in [6, 6.07) is 8.67. The SMILES string of the molecule is CC/C=C(\C=C/COCC(C)(C)CN)Nc1ccc(CCC)cc1. The Morgan fingerprint density at radius 2 is 1.92 bits per heavy atom. The van der Waals surface area contributed by atoms with Crippen LogP contribution in [0.3, 0.4) is 0 Å². The number of ether oxygens (including phenoxy) is 1. The van der Waals surface area contributed by atoms with Crippen LogP contribution in [0.1, 0.15) is 46.1 Å². The highest BCUT2D eigenvalue weighted by atomic mass is 16.5. The molecule has 0 unspecified atom stereocenters. The van der Waals surface area contributed by atoms with Gasteiger partial charge in [-0.3, -0.25) is 0 Å². The van der Waals surface area contributed by atoms with Crippen molar-refractivity contribution in [3.8, 4) is 0 Å². The zero-order valence-corrected chi connectivity index (χ0v) is 15.8. The van der Waals surface area contributed by atoms with Gasteiger partial charge in [-0.1, -0.05) is 58.4 Å². The number of rotatable bonds is 11. The number of anilines is 1. The average molecular weight is 331 g/mol. The molecule has 0 aliphatic carbocycles. The molecule has 24 heavy (non-hydrogen) atoms. The highest BCUT2D eigenvalue weighted by Crippen LogP contribution is 2.15. The summed E-state index contributed by atoms with van der Waals surface area (Å²) < 4.78 is 5.69. The normalized spacial score (nSPS) is 12.8. The zero-order valence-electron chi connectivity index (χ0n) is 15.8. The molecule has 0 aliphatic rings. The summed E-state index contributed by atoms with van der Waals surface area (Å²) in [6.45, 7) is 10.5. The molecule has 0 heterocycles. The largest absolute Gasteiger partial charge is 0.377 e. The molecular weight excluding hydrogens is 296 g/mol. The Hall–Kier alpha value is -1.58. The summed E-state index contributed by atoms with van der Waals surface area (Å²) in [5, 5.41) is 3.47. The Balaban J connectivity index is 2.52. The van der Waals surface area contributed by atoms with E-state index < -0.39 is 0 Å². The molecule has 3 N–H and O–H groups in total. The van der Waals surface area contributed by atoms with Crippen LogP contribution in [0.25, 0.3) is 0 Å². The topological polar surface area (TPSA) is 47.3 Å². The van der Waals surface area contributed by atoms with Crippen LogP contribution in [0.4, 0.5) is 5.69 Å². The molecule has 0 aromatic heterocycles. The van der Waals surface area contributed by atoms with Gasteiger partial charge >= 0.3 is 0 Å². The molecule has 3 heteroatoms. The van der Waals surface area contributed by atoms with E-state index in [2.05, 4.69) is 69.4 Å². The minimum absolute atomic E-state index is 0.0361. The summed E-state index contributed by atoms with van der Waals surface area (Å²) in [4.78, 5) is 0. The Morgan fingerprint density at radius 1 is 1.21 bits per heavy atom. The van der Waals surface area contributed by atoms with E-state index in [0.29, 0.717) is 19.8 Å². The monoisotopic (exact) mass is 330 g/mol. The summed E-state index contributed by atoms with van der Waals surface area (Å²) in [7, 11) is 0. The lowest BCUT2D eigenvalue weighted by atomic mass is 9.95. The predicted octanol–water partition coefficient (Wildman–Crippen LogP) is 4.90. The standard InChI is InChI=1S/C21H34N2O/c1-5-8-18-11-13-20(14-12-18)23-19(9-6-2)10-7-15-24-17-21(3,4)16-22/h7,9-14,23H,5-6,8,15-17,22H2,1-4H3/b10-7-,19-9+. The Labute approximate surface area is 148 Å². The molecule has 134 valence electrons. The highest BCUT2D eigenvalue weighted by molar-refractivity contribution is 5.51. The van der Waals surface area contributed by atoms with Gasteiger partial charge in [0.05, 0.1) is 13.2 Å². The van der Waals surface area contributed by atoms with E-state index in [1.807, 2.05) is 6.08 Å². The number of allylic oxidation sites excluding steroid dienone is 2. The molecule has 0 radical (unpaired) electrons. The van der Waals surface area contributed by atoms with Gasteiger partial charge in [0.15, 0.2) is 0 Å². The second kappa shape index (κ2) is 11.1. The van der Waals surface area contributed by atoms with E-state index in [0.717, 1.165) is 24.2 Å². The molecule has 0 spiro atoms. The third-order valence-corrected chi connectivity index (χ3v) is 3.76. The van der Waals surface area contributed by atoms with Crippen LogP contribution in [0, 0.1) is 5.41 Å². The minimum atomic E-state index is 0.0361. The molecule has 1 aromatic carbocycles. The molecule has 0 saturated carbocycles. The lowest BCUT2D eigenvalue weighted by Crippen LogP contribution is -2.28. The number of nitrogens with two attached hydrogens (primary N) is 1. The van der Waals surface area contributed by atoms with Crippen molar-refractivity contribution < 1.29 is 4.74 Å². The van der Waals surface area contributed by atoms with Crippen molar-refractivity contribution in [3.63, 3.8) is 0 Å². The van der Waals surface area contributed by atoms with Crippen molar-refractivity contribution in [3.05, 3.63) is 53.8 Å². The summed E-state index contributed by atoms with van der Waals surface area (Å²) >= 11 is 0. The molecule has 0 amide bonds. The van der Waals surface area contributed by atoms with Crippen LogP contribution in [-0.4, -0.2) is 19.8 Å². The van der Waals surface area contributed by atoms with E-state index >= 15 is 0 Å². The number of benzene rings is 1. The van der Waals surface area contributed by atoms with Gasteiger partial charge < -0.3 is 15.8 Å². The van der Waals surface area contributed by atoms with Gasteiger partial charge in [-0.15, -0.1) is 0 Å². The molecule has 3 nitrogen and oxygen atoms in total. The van der Waals surface area contributed by atoms with Crippen molar-refractivity contribution in [1.82, 2.24) is 0 Å². The van der Waals surface area contributed by atoms with E-state index in [9.17, 15) is 0 Å². The van der Waals surface area contributed by atoms with Crippen molar-refractivity contribution in [2.24, 2.45) is 11.1 Å². The lowest BCUT2D eigenvalue weighted by molar-refractivity contribution is 0.0854. The number of aryl methyl sites for hydroxylation is 1. The quantitative estimate of drug-likeness (QED) is 0.448. The van der Waals surface area contributed by atoms with Crippen LogP contribution in [-0.2, 0) is 11.2 Å². The first-order chi connectivity index (χ1) is 11.5. The minimum Gasteiger partial charge on any atom is -0.377 e. The van der Waals surface area contributed by atoms with Crippen LogP contribution in [0.5, 0.6) is 0 Å². The Kier molecular flexibility index (Phi) is 9.43. The first kappa shape index (κ1) is 20.5. The van der Waals surface area contributed by atoms with Gasteiger partial charge in [0.1, 0.15) is 0 Å². The van der Waals surface area contributed by atoms with Crippen LogP contribution in [0.15, 0.2) is 48.2 Å². The zero-order chi connectivity index (χ0) is 17.8. The maximum absolute atomic E-state index is 5.71. The average Bonchev–Trinajstić information content (AvgIpc) is 2.56. The van der Waals surface area contributed by atoms with Crippen LogP contribution >= 0.6 is 0 Å². The van der Waals surface area contributed by atoms with Crippen molar-refractivity contribution in [2.75, 3.05) is 25.1 Å². The van der Waals surface area contributed by atoms with E-state index in [-0.39, 0.29) is 5.41 Å². The second-order valence-corrected chi connectivity index (χ2v) is 6.93. The third kappa shape index (κ3) is 8.32. The van der Waals surface area contributed by atoms with E-state index in [1.165, 1.54) is 12.0 Å². The van der Waals surface area contributed by atoms with E-state index in [4.69, 9.17) is 10.5 Å². The van der Waals surface area contributed by atoms with Gasteiger partial charge in [0.25, 0.3) is 0 Å². The lowest BCUT2D eigenvalue weighted by Gasteiger charge is -2.21. The third-order valence-electron chi connectivity index (χ3n) is 3.76. The molecule has 0 bridgehead atoms.